The van der Waals surface area contributed by atoms with Crippen molar-refractivity contribution >= 4 is 39.0 Å². The van der Waals surface area contributed by atoms with E-state index in [1.54, 1.807) is 6.92 Å². The Morgan fingerprint density at radius 3 is 2.16 bits per heavy atom. The highest BCUT2D eigenvalue weighted by atomic mass is 16.3. The molecule has 5 N–H and O–H groups in total. The molecule has 0 fully saturated rings. The lowest BCUT2D eigenvalue weighted by molar-refractivity contribution is 0.349. The van der Waals surface area contributed by atoms with Crippen molar-refractivity contribution in [3.63, 3.8) is 0 Å². The molecule has 0 aromatic heterocycles. The maximum atomic E-state index is 10.7. The average molecular weight is 584 g/mol. The summed E-state index contributed by atoms with van der Waals surface area (Å²) in [4.78, 5) is 0. The van der Waals surface area contributed by atoms with Crippen LogP contribution in [0.4, 0.5) is 17.1 Å². The van der Waals surface area contributed by atoms with Gasteiger partial charge in [-0.25, -0.2) is 0 Å². The van der Waals surface area contributed by atoms with Crippen molar-refractivity contribution in [2.75, 3.05) is 23.2 Å². The topological polar surface area (TPSA) is 76.5 Å². The highest BCUT2D eigenvalue weighted by Gasteiger charge is 2.17. The molecule has 5 heteroatoms. The van der Waals surface area contributed by atoms with E-state index in [4.69, 9.17) is 0 Å². The van der Waals surface area contributed by atoms with Crippen LogP contribution in [-0.2, 0) is 6.42 Å². The van der Waals surface area contributed by atoms with Gasteiger partial charge in [-0.3, -0.25) is 5.43 Å². The van der Waals surface area contributed by atoms with Crippen molar-refractivity contribution in [3.8, 4) is 0 Å². The van der Waals surface area contributed by atoms with Crippen molar-refractivity contribution in [1.29, 1.82) is 0 Å². The summed E-state index contributed by atoms with van der Waals surface area (Å²) in [6.45, 7) is 9.60. The van der Waals surface area contributed by atoms with Crippen molar-refractivity contribution in [2.24, 2.45) is 0 Å². The van der Waals surface area contributed by atoms with Gasteiger partial charge >= 0.3 is 0 Å². The fourth-order valence-electron chi connectivity index (χ4n) is 5.46. The normalized spacial score (nSPS) is 13.4. The minimum atomic E-state index is -0.231. The van der Waals surface area contributed by atoms with Crippen LogP contribution in [0.5, 0.6) is 0 Å². The molecule has 0 bridgehead atoms. The van der Waals surface area contributed by atoms with Crippen molar-refractivity contribution in [3.05, 3.63) is 149 Å². The predicted molar refractivity (Wildman–Crippen MR) is 188 cm³/mol. The highest BCUT2D eigenvalue weighted by molar-refractivity contribution is 5.95. The minimum Gasteiger partial charge on any atom is -0.504 e. The van der Waals surface area contributed by atoms with Gasteiger partial charge in [-0.15, -0.1) is 0 Å². The fraction of sp³-hybridized carbons (Fsp3) is 0.179. The molecule has 0 spiro atoms. The maximum Gasteiger partial charge on any atom is 0.165 e. The summed E-state index contributed by atoms with van der Waals surface area (Å²) in [6.07, 6.45) is 7.52. The molecule has 0 radical (unpaired) electrons. The average Bonchev–Trinajstić information content (AvgIpc) is 3.06. The Morgan fingerprint density at radius 1 is 0.773 bits per heavy atom. The van der Waals surface area contributed by atoms with E-state index in [0.717, 1.165) is 52.8 Å². The summed E-state index contributed by atoms with van der Waals surface area (Å²) in [6, 6.07) is 29.3. The number of aliphatic hydroxyl groups excluding tert-OH is 2. The van der Waals surface area contributed by atoms with Crippen molar-refractivity contribution < 1.29 is 10.2 Å². The molecule has 5 nitrogen and oxygen atoms in total. The maximum absolute atomic E-state index is 10.7. The molecule has 1 aliphatic carbocycles. The lowest BCUT2D eigenvalue weighted by Crippen LogP contribution is -2.13. The van der Waals surface area contributed by atoms with Crippen LogP contribution in [0, 0.1) is 0 Å². The lowest BCUT2D eigenvalue weighted by atomic mass is 9.87. The monoisotopic (exact) mass is 583 g/mol. The summed E-state index contributed by atoms with van der Waals surface area (Å²) in [5.41, 5.74) is 17.3. The second-order valence-electron chi connectivity index (χ2n) is 11.4. The van der Waals surface area contributed by atoms with Crippen molar-refractivity contribution in [2.45, 2.75) is 40.0 Å². The van der Waals surface area contributed by atoms with E-state index >= 15 is 0 Å². The first kappa shape index (κ1) is 30.3. The number of fused-ring (bicyclic) bond motifs is 1. The van der Waals surface area contributed by atoms with Gasteiger partial charge in [-0.2, -0.15) is 0 Å². The zero-order valence-electron chi connectivity index (χ0n) is 26.0. The molecule has 0 heterocycles. The second-order valence-corrected chi connectivity index (χ2v) is 11.4. The highest BCUT2D eigenvalue weighted by Crippen LogP contribution is 2.37. The van der Waals surface area contributed by atoms with Gasteiger partial charge in [-0.05, 0) is 97.3 Å². The SMILES string of the molecule is C=C(/C(O)=C(/O)C(C)=C(C)C)c1ccc(NNc2cc3ccccc3cc2C2=C(Cc3ccccc3)CCC=C2)c(NC)c1. The molecular formula is C39H41N3O2. The van der Waals surface area contributed by atoms with Gasteiger partial charge < -0.3 is 21.0 Å². The van der Waals surface area contributed by atoms with Crippen LogP contribution in [0.1, 0.15) is 50.3 Å². The third-order valence-electron chi connectivity index (χ3n) is 8.30. The standard InChI is InChI=1S/C39H41N3O2/c1-25(2)26(3)38(43)39(44)27(4)29-19-20-35(37(23-29)40-5)41-42-36-24-31-16-10-9-15-30(31)22-34(36)33-18-12-11-17-32(33)21-28-13-7-6-8-14-28/h6-10,12-16,18-20,22-24,40-44H,4,11,17,21H2,1-3,5H3/b39-38-. The third-order valence-corrected chi connectivity index (χ3v) is 8.30. The fourth-order valence-corrected chi connectivity index (χ4v) is 5.46. The van der Waals surface area contributed by atoms with Crippen LogP contribution < -0.4 is 16.2 Å². The predicted octanol–water partition coefficient (Wildman–Crippen LogP) is 10.4. The quantitative estimate of drug-likeness (QED) is 0.0729. The van der Waals surface area contributed by atoms with E-state index in [0.29, 0.717) is 16.7 Å². The van der Waals surface area contributed by atoms with E-state index < -0.39 is 0 Å². The summed E-state index contributed by atoms with van der Waals surface area (Å²) in [5, 5.41) is 26.9. The van der Waals surface area contributed by atoms with Crippen LogP contribution in [0.25, 0.3) is 21.9 Å². The number of aliphatic hydroxyl groups is 2. The largest absolute Gasteiger partial charge is 0.504 e. The molecule has 5 rings (SSSR count). The molecule has 44 heavy (non-hydrogen) atoms. The first-order chi connectivity index (χ1) is 21.3. The van der Waals surface area contributed by atoms with Gasteiger partial charge in [0.1, 0.15) is 0 Å². The lowest BCUT2D eigenvalue weighted by Gasteiger charge is -2.22. The number of benzene rings is 4. The molecule has 224 valence electrons. The summed E-state index contributed by atoms with van der Waals surface area (Å²) >= 11 is 0. The molecule has 0 atom stereocenters. The molecule has 0 amide bonds. The molecule has 0 saturated carbocycles. The van der Waals surface area contributed by atoms with Crippen LogP contribution in [0.3, 0.4) is 0 Å². The minimum absolute atomic E-state index is 0.161. The van der Waals surface area contributed by atoms with E-state index in [1.807, 2.05) is 39.1 Å². The van der Waals surface area contributed by atoms with E-state index in [9.17, 15) is 10.2 Å². The smallest absolute Gasteiger partial charge is 0.165 e. The molecule has 0 unspecified atom stereocenters. The Morgan fingerprint density at radius 2 is 1.45 bits per heavy atom. The Balaban J connectivity index is 1.49. The second kappa shape index (κ2) is 13.4. The first-order valence-corrected chi connectivity index (χ1v) is 15.0. The number of rotatable bonds is 10. The van der Waals surface area contributed by atoms with Gasteiger partial charge in [0.25, 0.3) is 0 Å². The van der Waals surface area contributed by atoms with Crippen LogP contribution >= 0.6 is 0 Å². The zero-order valence-corrected chi connectivity index (χ0v) is 26.0. The number of allylic oxidation sites excluding steroid dienone is 7. The third kappa shape index (κ3) is 6.57. The van der Waals surface area contributed by atoms with E-state index in [2.05, 4.69) is 102 Å². The van der Waals surface area contributed by atoms with Gasteiger partial charge in [0.2, 0.25) is 0 Å². The Labute approximate surface area is 260 Å². The first-order valence-electron chi connectivity index (χ1n) is 15.0. The number of anilines is 3. The van der Waals surface area contributed by atoms with E-state index in [-0.39, 0.29) is 11.5 Å². The van der Waals surface area contributed by atoms with E-state index in [1.165, 1.54) is 22.1 Å². The van der Waals surface area contributed by atoms with Crippen LogP contribution in [0.15, 0.2) is 132 Å². The molecule has 1 aliphatic rings. The molecule has 0 aliphatic heterocycles. The summed E-state index contributed by atoms with van der Waals surface area (Å²) < 4.78 is 0. The van der Waals surface area contributed by atoms with Crippen molar-refractivity contribution in [1.82, 2.24) is 0 Å². The van der Waals surface area contributed by atoms with Gasteiger partial charge in [-0.1, -0.05) is 90.5 Å². The van der Waals surface area contributed by atoms with Gasteiger partial charge in [0.05, 0.1) is 17.1 Å². The number of hydrazine groups is 1. The Kier molecular flexibility index (Phi) is 9.25. The molecule has 4 aromatic carbocycles. The Bertz CT molecular complexity index is 1820. The van der Waals surface area contributed by atoms with Crippen LogP contribution in [-0.4, -0.2) is 17.3 Å². The number of nitrogens with one attached hydrogen (secondary N) is 3. The zero-order chi connectivity index (χ0) is 31.2. The number of hydrogen-bond donors (Lipinski definition) is 5. The van der Waals surface area contributed by atoms with Gasteiger partial charge in [0.15, 0.2) is 11.5 Å². The summed E-state index contributed by atoms with van der Waals surface area (Å²) in [5.74, 6) is -0.392. The number of hydrogen-bond acceptors (Lipinski definition) is 5. The van der Waals surface area contributed by atoms with Crippen LogP contribution in [0.2, 0.25) is 0 Å². The van der Waals surface area contributed by atoms with Gasteiger partial charge in [0, 0.05) is 18.2 Å². The molecular weight excluding hydrogens is 542 g/mol. The Hall–Kier alpha value is -5.16. The summed E-state index contributed by atoms with van der Waals surface area (Å²) in [7, 11) is 1.85. The molecule has 0 saturated heterocycles. The molecule has 4 aromatic rings.